The lowest BCUT2D eigenvalue weighted by atomic mass is 10.1. The predicted molar refractivity (Wildman–Crippen MR) is 112 cm³/mol. The number of aromatic nitrogens is 4. The Balaban J connectivity index is 1.57. The number of benzene rings is 1. The van der Waals surface area contributed by atoms with E-state index in [0.29, 0.717) is 41.6 Å². The van der Waals surface area contributed by atoms with Crippen molar-refractivity contribution in [2.75, 3.05) is 18.4 Å². The summed E-state index contributed by atoms with van der Waals surface area (Å²) in [5.41, 5.74) is 1.82. The van der Waals surface area contributed by atoms with Gasteiger partial charge < -0.3 is 15.4 Å². The van der Waals surface area contributed by atoms with Crippen LogP contribution < -0.4 is 15.4 Å². The van der Waals surface area contributed by atoms with Crippen molar-refractivity contribution in [2.24, 2.45) is 0 Å². The number of nitrogens with one attached hydrogen (secondary N) is 2. The lowest BCUT2D eigenvalue weighted by Crippen LogP contribution is -2.44. The normalized spacial score (nSPS) is 18.6. The summed E-state index contributed by atoms with van der Waals surface area (Å²) in [4.78, 5) is 17.2. The fourth-order valence-corrected chi connectivity index (χ4v) is 4.01. The van der Waals surface area contributed by atoms with Gasteiger partial charge in [0.05, 0.1) is 16.3 Å². The summed E-state index contributed by atoms with van der Waals surface area (Å²) >= 11 is 1.52. The Morgan fingerprint density at radius 1 is 1.30 bits per heavy atom. The maximum Gasteiger partial charge on any atom is 0.231 e. The number of hydrogen-bond acceptors (Lipinski definition) is 9. The van der Waals surface area contributed by atoms with E-state index in [0.717, 1.165) is 15.7 Å². The summed E-state index contributed by atoms with van der Waals surface area (Å²) in [6.07, 6.45) is 0.282. The third-order valence-electron chi connectivity index (χ3n) is 4.69. The predicted octanol–water partition coefficient (Wildman–Crippen LogP) is 3.31. The van der Waals surface area contributed by atoms with Gasteiger partial charge in [0.1, 0.15) is 35.4 Å². The molecule has 0 saturated carbocycles. The number of piperidine rings is 1. The van der Waals surface area contributed by atoms with Crippen molar-refractivity contribution in [3.05, 3.63) is 40.8 Å². The molecule has 1 saturated heterocycles. The average molecular weight is 425 g/mol. The summed E-state index contributed by atoms with van der Waals surface area (Å²) in [5, 5.41) is 17.5. The Kier molecular flexibility index (Phi) is 5.83. The van der Waals surface area contributed by atoms with E-state index in [9.17, 15) is 9.65 Å². The molecule has 0 bridgehead atoms. The van der Waals surface area contributed by atoms with E-state index < -0.39 is 12.3 Å². The number of nitrogens with zero attached hydrogens (tertiary/aromatic N) is 5. The molecule has 3 heterocycles. The molecule has 2 N–H and O–H groups in total. The molecular weight excluding hydrogens is 405 g/mol. The molecule has 0 aliphatic carbocycles. The second-order valence-electron chi connectivity index (χ2n) is 6.89. The quantitative estimate of drug-likeness (QED) is 0.641. The van der Waals surface area contributed by atoms with Gasteiger partial charge in [0.15, 0.2) is 5.82 Å². The van der Waals surface area contributed by atoms with Crippen molar-refractivity contribution in [3.63, 3.8) is 0 Å². The van der Waals surface area contributed by atoms with Crippen LogP contribution in [0.2, 0.25) is 0 Å². The van der Waals surface area contributed by atoms with E-state index in [2.05, 4.69) is 36.6 Å². The zero-order valence-electron chi connectivity index (χ0n) is 16.5. The first-order valence-corrected chi connectivity index (χ1v) is 10.3. The molecule has 0 spiro atoms. The standard InChI is InChI=1S/C20H20FN7OS/c1-11-19(30-12(2)26-11)28-20-25-10-24-18(27-20)13-3-4-16(14(7-13)8-22)29-17-5-6-23-9-15(17)21/h3-4,7,10,15,17,23H,5-6,9H2,1-2H3,(H,24,25,27,28)/t15-,17+/m1/s1. The minimum Gasteiger partial charge on any atom is -0.486 e. The highest BCUT2D eigenvalue weighted by Gasteiger charge is 2.27. The molecule has 0 radical (unpaired) electrons. The zero-order valence-corrected chi connectivity index (χ0v) is 17.3. The van der Waals surface area contributed by atoms with Crippen molar-refractivity contribution < 1.29 is 9.13 Å². The van der Waals surface area contributed by atoms with E-state index >= 15 is 0 Å². The third kappa shape index (κ3) is 4.37. The summed E-state index contributed by atoms with van der Waals surface area (Å²) in [6.45, 7) is 4.79. The number of rotatable bonds is 5. The second kappa shape index (κ2) is 8.69. The summed E-state index contributed by atoms with van der Waals surface area (Å²) in [7, 11) is 0. The number of alkyl halides is 1. The topological polar surface area (TPSA) is 109 Å². The molecule has 3 aromatic rings. The van der Waals surface area contributed by atoms with E-state index in [1.54, 1.807) is 18.2 Å². The Morgan fingerprint density at radius 3 is 2.90 bits per heavy atom. The van der Waals surface area contributed by atoms with Gasteiger partial charge in [0, 0.05) is 12.1 Å². The molecular formula is C20H20FN7OS. The van der Waals surface area contributed by atoms with Crippen molar-refractivity contribution >= 4 is 22.3 Å². The molecule has 2 aromatic heterocycles. The van der Waals surface area contributed by atoms with Crippen LogP contribution in [0.25, 0.3) is 11.4 Å². The molecule has 1 fully saturated rings. The van der Waals surface area contributed by atoms with Crippen LogP contribution in [0.3, 0.4) is 0 Å². The summed E-state index contributed by atoms with van der Waals surface area (Å²) < 4.78 is 19.8. The number of thiazole rings is 1. The SMILES string of the molecule is Cc1nc(C)c(Nc2ncnc(-c3ccc(O[C@H]4CCNC[C@H]4F)c(C#N)c3)n2)s1. The van der Waals surface area contributed by atoms with Gasteiger partial charge in [-0.1, -0.05) is 0 Å². The highest BCUT2D eigenvalue weighted by Crippen LogP contribution is 2.29. The van der Waals surface area contributed by atoms with E-state index in [-0.39, 0.29) is 6.54 Å². The molecule has 1 aromatic carbocycles. The first-order chi connectivity index (χ1) is 14.5. The molecule has 1 aliphatic heterocycles. The number of ether oxygens (including phenoxy) is 1. The van der Waals surface area contributed by atoms with Gasteiger partial charge in [-0.2, -0.15) is 10.2 Å². The molecule has 8 nitrogen and oxygen atoms in total. The molecule has 1 aliphatic rings. The fraction of sp³-hybridized carbons (Fsp3) is 0.350. The Bertz CT molecular complexity index is 1100. The molecule has 0 unspecified atom stereocenters. The lowest BCUT2D eigenvalue weighted by molar-refractivity contribution is 0.0729. The lowest BCUT2D eigenvalue weighted by Gasteiger charge is -2.27. The van der Waals surface area contributed by atoms with Crippen LogP contribution in [0, 0.1) is 25.2 Å². The number of hydrogen-bond donors (Lipinski definition) is 2. The number of halogens is 1. The maximum atomic E-state index is 14.1. The monoisotopic (exact) mass is 425 g/mol. The van der Waals surface area contributed by atoms with Gasteiger partial charge in [-0.3, -0.25) is 0 Å². The average Bonchev–Trinajstić information content (AvgIpc) is 3.06. The van der Waals surface area contributed by atoms with Crippen LogP contribution in [0.15, 0.2) is 24.5 Å². The minimum absolute atomic E-state index is 0.254. The van der Waals surface area contributed by atoms with Crippen LogP contribution in [0.5, 0.6) is 5.75 Å². The first kappa shape index (κ1) is 20.1. The molecule has 30 heavy (non-hydrogen) atoms. The van der Waals surface area contributed by atoms with Gasteiger partial charge >= 0.3 is 0 Å². The van der Waals surface area contributed by atoms with E-state index in [4.69, 9.17) is 4.74 Å². The summed E-state index contributed by atoms with van der Waals surface area (Å²) in [5.74, 6) is 1.17. The van der Waals surface area contributed by atoms with Crippen LogP contribution in [-0.2, 0) is 0 Å². The Labute approximate surface area is 177 Å². The molecule has 2 atom stereocenters. The van der Waals surface area contributed by atoms with Crippen molar-refractivity contribution in [2.45, 2.75) is 32.5 Å². The first-order valence-electron chi connectivity index (χ1n) is 9.49. The van der Waals surface area contributed by atoms with E-state index in [1.807, 2.05) is 13.8 Å². The van der Waals surface area contributed by atoms with Gasteiger partial charge in [0.2, 0.25) is 5.95 Å². The Hall–Kier alpha value is -3.16. The second-order valence-corrected chi connectivity index (χ2v) is 8.10. The van der Waals surface area contributed by atoms with E-state index in [1.165, 1.54) is 17.7 Å². The van der Waals surface area contributed by atoms with Crippen molar-refractivity contribution in [3.8, 4) is 23.2 Å². The van der Waals surface area contributed by atoms with Crippen molar-refractivity contribution in [1.29, 1.82) is 5.26 Å². The molecule has 0 amide bonds. The molecule has 4 rings (SSSR count). The Morgan fingerprint density at radius 2 is 2.17 bits per heavy atom. The number of anilines is 2. The molecule has 10 heteroatoms. The highest BCUT2D eigenvalue weighted by atomic mass is 32.1. The number of aryl methyl sites for hydroxylation is 2. The van der Waals surface area contributed by atoms with Crippen LogP contribution in [0.4, 0.5) is 15.3 Å². The fourth-order valence-electron chi connectivity index (χ4n) is 3.20. The van der Waals surface area contributed by atoms with Gasteiger partial charge in [-0.15, -0.1) is 11.3 Å². The molecule has 154 valence electrons. The van der Waals surface area contributed by atoms with Gasteiger partial charge in [0.25, 0.3) is 0 Å². The van der Waals surface area contributed by atoms with Crippen LogP contribution in [-0.4, -0.2) is 45.3 Å². The van der Waals surface area contributed by atoms with Gasteiger partial charge in [-0.25, -0.2) is 19.3 Å². The highest BCUT2D eigenvalue weighted by molar-refractivity contribution is 7.15. The van der Waals surface area contributed by atoms with Crippen LogP contribution >= 0.6 is 11.3 Å². The van der Waals surface area contributed by atoms with Crippen molar-refractivity contribution in [1.82, 2.24) is 25.3 Å². The third-order valence-corrected chi connectivity index (χ3v) is 5.67. The minimum atomic E-state index is -1.11. The zero-order chi connectivity index (χ0) is 21.1. The number of nitriles is 1. The smallest absolute Gasteiger partial charge is 0.231 e. The van der Waals surface area contributed by atoms with Gasteiger partial charge in [-0.05, 0) is 45.0 Å². The largest absolute Gasteiger partial charge is 0.486 e. The summed E-state index contributed by atoms with van der Waals surface area (Å²) in [6, 6.07) is 7.18. The van der Waals surface area contributed by atoms with Crippen LogP contribution in [0.1, 0.15) is 22.7 Å². The maximum absolute atomic E-state index is 14.1.